The lowest BCUT2D eigenvalue weighted by molar-refractivity contribution is -0.204. The summed E-state index contributed by atoms with van der Waals surface area (Å²) in [7, 11) is 1.64. The fraction of sp³-hybridized carbons (Fsp3) is 0.588. The largest absolute Gasteiger partial charge is 0.312 e. The van der Waals surface area contributed by atoms with E-state index in [1.807, 2.05) is 5.06 Å². The summed E-state index contributed by atoms with van der Waals surface area (Å²) in [5.41, 5.74) is 2.86. The van der Waals surface area contributed by atoms with Crippen molar-refractivity contribution >= 4 is 0 Å². The Hall–Kier alpha value is -1.45. The standard InChI is InChI=1S/C17H25N3O2/c1-14-4-5-15(2)16(12-14)6-9-20(21)17(13-18)7-10-19(22-3)11-8-17/h4-5,12,21H,6-11H2,1-3H3. The van der Waals surface area contributed by atoms with Crippen LogP contribution in [-0.4, -0.2) is 47.6 Å². The Morgan fingerprint density at radius 3 is 2.64 bits per heavy atom. The van der Waals surface area contributed by atoms with Gasteiger partial charge in [-0.15, -0.1) is 0 Å². The molecule has 0 amide bonds. The van der Waals surface area contributed by atoms with Crippen LogP contribution in [0.5, 0.6) is 0 Å². The van der Waals surface area contributed by atoms with E-state index in [1.165, 1.54) is 21.8 Å². The van der Waals surface area contributed by atoms with Crippen molar-refractivity contribution in [3.63, 3.8) is 0 Å². The Morgan fingerprint density at radius 1 is 1.36 bits per heavy atom. The van der Waals surface area contributed by atoms with Gasteiger partial charge in [-0.25, -0.2) is 0 Å². The molecule has 1 heterocycles. The van der Waals surface area contributed by atoms with Crippen LogP contribution in [0.3, 0.4) is 0 Å². The lowest BCUT2D eigenvalue weighted by Gasteiger charge is -2.40. The molecular formula is C17H25N3O2. The SMILES string of the molecule is CON1CCC(C#N)(N(O)CCc2cc(C)ccc2C)CC1. The van der Waals surface area contributed by atoms with E-state index in [-0.39, 0.29) is 0 Å². The van der Waals surface area contributed by atoms with Crippen molar-refractivity contribution in [2.45, 2.75) is 38.6 Å². The number of benzene rings is 1. The molecule has 1 fully saturated rings. The van der Waals surface area contributed by atoms with Gasteiger partial charge < -0.3 is 10.0 Å². The Labute approximate surface area is 132 Å². The minimum atomic E-state index is -0.799. The Morgan fingerprint density at radius 2 is 2.05 bits per heavy atom. The van der Waals surface area contributed by atoms with E-state index in [0.717, 1.165) is 6.42 Å². The second-order valence-corrected chi connectivity index (χ2v) is 6.06. The van der Waals surface area contributed by atoms with Crippen LogP contribution in [0, 0.1) is 25.2 Å². The highest BCUT2D eigenvalue weighted by molar-refractivity contribution is 5.30. The molecule has 1 aliphatic rings. The van der Waals surface area contributed by atoms with E-state index in [1.54, 1.807) is 7.11 Å². The van der Waals surface area contributed by atoms with Crippen molar-refractivity contribution < 1.29 is 10.0 Å². The van der Waals surface area contributed by atoms with Crippen molar-refractivity contribution in [2.75, 3.05) is 26.7 Å². The first kappa shape index (κ1) is 16.9. The second kappa shape index (κ2) is 7.21. The maximum Gasteiger partial charge on any atom is 0.135 e. The molecule has 5 heteroatoms. The summed E-state index contributed by atoms with van der Waals surface area (Å²) in [6.07, 6.45) is 1.91. The number of piperidine rings is 1. The van der Waals surface area contributed by atoms with Crippen molar-refractivity contribution in [3.8, 4) is 6.07 Å². The average Bonchev–Trinajstić information content (AvgIpc) is 2.55. The molecule has 0 spiro atoms. The first-order valence-corrected chi connectivity index (χ1v) is 7.74. The predicted octanol–water partition coefficient (Wildman–Crippen LogP) is 2.46. The number of nitrogens with zero attached hydrogens (tertiary/aromatic N) is 3. The Kier molecular flexibility index (Phi) is 5.54. The second-order valence-electron chi connectivity index (χ2n) is 6.06. The van der Waals surface area contributed by atoms with Crippen LogP contribution in [0.2, 0.25) is 0 Å². The van der Waals surface area contributed by atoms with Crippen LogP contribution in [0.1, 0.15) is 29.5 Å². The zero-order chi connectivity index (χ0) is 16.2. The molecule has 1 aromatic carbocycles. The van der Waals surface area contributed by atoms with Gasteiger partial charge in [0.1, 0.15) is 5.54 Å². The predicted molar refractivity (Wildman–Crippen MR) is 84.3 cm³/mol. The van der Waals surface area contributed by atoms with E-state index in [9.17, 15) is 10.5 Å². The van der Waals surface area contributed by atoms with Gasteiger partial charge in [0.25, 0.3) is 0 Å². The minimum absolute atomic E-state index is 0.463. The molecule has 120 valence electrons. The van der Waals surface area contributed by atoms with E-state index in [0.29, 0.717) is 32.5 Å². The molecule has 1 aliphatic heterocycles. The molecule has 1 N–H and O–H groups in total. The quantitative estimate of drug-likeness (QED) is 0.847. The van der Waals surface area contributed by atoms with Crippen LogP contribution in [0.25, 0.3) is 0 Å². The first-order valence-electron chi connectivity index (χ1n) is 7.74. The van der Waals surface area contributed by atoms with Gasteiger partial charge in [0.2, 0.25) is 0 Å². The molecule has 0 saturated carbocycles. The van der Waals surface area contributed by atoms with Crippen LogP contribution in [-0.2, 0) is 11.3 Å². The monoisotopic (exact) mass is 303 g/mol. The molecule has 5 nitrogen and oxygen atoms in total. The molecule has 1 aromatic rings. The summed E-state index contributed by atoms with van der Waals surface area (Å²) in [6, 6.07) is 8.66. The van der Waals surface area contributed by atoms with Gasteiger partial charge in [-0.1, -0.05) is 23.8 Å². The van der Waals surface area contributed by atoms with Crippen LogP contribution in [0.15, 0.2) is 18.2 Å². The molecule has 0 aromatic heterocycles. The Bertz CT molecular complexity index is 545. The molecule has 0 aliphatic carbocycles. The van der Waals surface area contributed by atoms with Crippen molar-refractivity contribution in [1.82, 2.24) is 10.1 Å². The number of aryl methyl sites for hydroxylation is 2. The summed E-state index contributed by atoms with van der Waals surface area (Å²) < 4.78 is 0. The molecule has 0 bridgehead atoms. The topological polar surface area (TPSA) is 59.7 Å². The first-order chi connectivity index (χ1) is 10.5. The molecule has 2 rings (SSSR count). The zero-order valence-corrected chi connectivity index (χ0v) is 13.7. The van der Waals surface area contributed by atoms with Gasteiger partial charge in [-0.05, 0) is 44.2 Å². The van der Waals surface area contributed by atoms with Crippen molar-refractivity contribution in [2.24, 2.45) is 0 Å². The molecular weight excluding hydrogens is 278 g/mol. The lowest BCUT2D eigenvalue weighted by Crippen LogP contribution is -2.53. The highest BCUT2D eigenvalue weighted by Crippen LogP contribution is 2.27. The van der Waals surface area contributed by atoms with Gasteiger partial charge in [-0.3, -0.25) is 0 Å². The fourth-order valence-electron chi connectivity index (χ4n) is 2.98. The molecule has 0 atom stereocenters. The summed E-state index contributed by atoms with van der Waals surface area (Å²) in [5.74, 6) is 0. The summed E-state index contributed by atoms with van der Waals surface area (Å²) >= 11 is 0. The smallest absolute Gasteiger partial charge is 0.135 e. The normalized spacial score (nSPS) is 18.4. The van der Waals surface area contributed by atoms with Gasteiger partial charge in [0.15, 0.2) is 0 Å². The Balaban J connectivity index is 2.00. The third-order valence-electron chi connectivity index (χ3n) is 4.61. The zero-order valence-electron chi connectivity index (χ0n) is 13.7. The van der Waals surface area contributed by atoms with E-state index < -0.39 is 5.54 Å². The number of nitriles is 1. The third-order valence-corrected chi connectivity index (χ3v) is 4.61. The maximum atomic E-state index is 10.5. The average molecular weight is 303 g/mol. The van der Waals surface area contributed by atoms with E-state index in [2.05, 4.69) is 38.1 Å². The minimum Gasteiger partial charge on any atom is -0.312 e. The third kappa shape index (κ3) is 3.65. The molecule has 1 saturated heterocycles. The number of hydroxylamine groups is 4. The number of hydrogen-bond donors (Lipinski definition) is 1. The summed E-state index contributed by atoms with van der Waals surface area (Å²) in [4.78, 5) is 5.19. The van der Waals surface area contributed by atoms with Gasteiger partial charge in [0.05, 0.1) is 13.2 Å². The summed E-state index contributed by atoms with van der Waals surface area (Å²) in [5, 5.41) is 23.1. The highest BCUT2D eigenvalue weighted by atomic mass is 16.7. The number of rotatable bonds is 5. The van der Waals surface area contributed by atoms with Gasteiger partial charge in [0, 0.05) is 19.6 Å². The van der Waals surface area contributed by atoms with Crippen molar-refractivity contribution in [1.29, 1.82) is 5.26 Å². The van der Waals surface area contributed by atoms with E-state index >= 15 is 0 Å². The van der Waals surface area contributed by atoms with Gasteiger partial charge >= 0.3 is 0 Å². The molecule has 0 unspecified atom stereocenters. The van der Waals surface area contributed by atoms with Crippen LogP contribution < -0.4 is 0 Å². The van der Waals surface area contributed by atoms with Crippen molar-refractivity contribution in [3.05, 3.63) is 34.9 Å². The maximum absolute atomic E-state index is 10.5. The van der Waals surface area contributed by atoms with E-state index in [4.69, 9.17) is 4.84 Å². The summed E-state index contributed by atoms with van der Waals surface area (Å²) in [6.45, 7) is 5.92. The van der Waals surface area contributed by atoms with Crippen LogP contribution in [0.4, 0.5) is 0 Å². The molecule has 0 radical (unpaired) electrons. The fourth-order valence-corrected chi connectivity index (χ4v) is 2.98. The lowest BCUT2D eigenvalue weighted by atomic mass is 9.89. The number of hydrogen-bond acceptors (Lipinski definition) is 5. The van der Waals surface area contributed by atoms with Gasteiger partial charge in [-0.2, -0.15) is 15.4 Å². The molecule has 22 heavy (non-hydrogen) atoms. The highest BCUT2D eigenvalue weighted by Gasteiger charge is 2.40. The van der Waals surface area contributed by atoms with Crippen LogP contribution >= 0.6 is 0 Å².